The highest BCUT2D eigenvalue weighted by molar-refractivity contribution is 6.43. The molecule has 0 spiro atoms. The summed E-state index contributed by atoms with van der Waals surface area (Å²) < 4.78 is 43.0. The van der Waals surface area contributed by atoms with Crippen molar-refractivity contribution in [1.82, 2.24) is 25.3 Å². The van der Waals surface area contributed by atoms with Crippen LogP contribution in [0.25, 0.3) is 0 Å². The van der Waals surface area contributed by atoms with Crippen molar-refractivity contribution in [2.45, 2.75) is 64.0 Å². The SMILES string of the molecule is Cc1cc(NC(=O)c2c(C)c(C(=O)C(=O)NC3(c4c[nH]nn4)CC(F)(F)C3)n3c2CCCC3)ccc1F. The maximum atomic E-state index is 13.8. The number of rotatable bonds is 6. The van der Waals surface area contributed by atoms with Gasteiger partial charge in [-0.15, -0.1) is 5.10 Å². The molecule has 1 saturated carbocycles. The Labute approximate surface area is 209 Å². The number of nitrogens with one attached hydrogen (secondary N) is 3. The molecule has 2 aliphatic rings. The number of alkyl halides is 2. The highest BCUT2D eigenvalue weighted by atomic mass is 19.3. The molecule has 3 N–H and O–H groups in total. The lowest BCUT2D eigenvalue weighted by atomic mass is 9.71. The second kappa shape index (κ2) is 8.86. The van der Waals surface area contributed by atoms with E-state index in [-0.39, 0.29) is 17.0 Å². The Balaban J connectivity index is 1.45. The zero-order chi connectivity index (χ0) is 26.5. The van der Waals surface area contributed by atoms with Gasteiger partial charge < -0.3 is 15.2 Å². The Hall–Kier alpha value is -3.96. The van der Waals surface area contributed by atoms with Crippen molar-refractivity contribution >= 4 is 23.3 Å². The standard InChI is InChI=1S/C25H25F3N6O3/c1-13-9-15(6-7-16(13)26)30-22(36)19-14(2)20(34-8-4-3-5-17(19)34)21(35)23(37)31-24(11-25(27,28)12-24)18-10-29-33-32-18/h6-7,9-10H,3-5,8,11-12H2,1-2H3,(H,30,36)(H,31,37)(H,29,32,33). The van der Waals surface area contributed by atoms with Gasteiger partial charge in [-0.25, -0.2) is 13.2 Å². The van der Waals surface area contributed by atoms with Crippen LogP contribution in [0.3, 0.4) is 0 Å². The highest BCUT2D eigenvalue weighted by Crippen LogP contribution is 2.51. The molecule has 1 fully saturated rings. The van der Waals surface area contributed by atoms with Crippen molar-refractivity contribution in [2.75, 3.05) is 5.32 Å². The van der Waals surface area contributed by atoms with Crippen molar-refractivity contribution in [3.05, 3.63) is 64.0 Å². The van der Waals surface area contributed by atoms with Crippen molar-refractivity contribution in [2.24, 2.45) is 0 Å². The van der Waals surface area contributed by atoms with Gasteiger partial charge in [-0.1, -0.05) is 5.21 Å². The molecule has 0 unspecified atom stereocenters. The summed E-state index contributed by atoms with van der Waals surface area (Å²) in [6, 6.07) is 4.19. The van der Waals surface area contributed by atoms with Gasteiger partial charge in [0.1, 0.15) is 11.5 Å². The van der Waals surface area contributed by atoms with Gasteiger partial charge in [-0.2, -0.15) is 0 Å². The monoisotopic (exact) mass is 514 g/mol. The zero-order valence-corrected chi connectivity index (χ0v) is 20.3. The van der Waals surface area contributed by atoms with Crippen molar-refractivity contribution in [1.29, 1.82) is 0 Å². The summed E-state index contributed by atoms with van der Waals surface area (Å²) in [4.78, 5) is 39.8. The van der Waals surface area contributed by atoms with Gasteiger partial charge in [-0.3, -0.25) is 19.5 Å². The molecule has 12 heteroatoms. The number of fused-ring (bicyclic) bond motifs is 1. The Morgan fingerprint density at radius 2 is 1.89 bits per heavy atom. The molecule has 2 aromatic heterocycles. The molecule has 37 heavy (non-hydrogen) atoms. The summed E-state index contributed by atoms with van der Waals surface area (Å²) in [7, 11) is 0. The van der Waals surface area contributed by atoms with E-state index in [9.17, 15) is 27.6 Å². The fourth-order valence-corrected chi connectivity index (χ4v) is 5.37. The van der Waals surface area contributed by atoms with Crippen molar-refractivity contribution < 1.29 is 27.6 Å². The highest BCUT2D eigenvalue weighted by Gasteiger charge is 2.60. The minimum absolute atomic E-state index is 0.0500. The van der Waals surface area contributed by atoms with E-state index in [1.807, 2.05) is 0 Å². The van der Waals surface area contributed by atoms with Crippen molar-refractivity contribution in [3.63, 3.8) is 0 Å². The van der Waals surface area contributed by atoms with Crippen LogP contribution in [0.4, 0.5) is 18.9 Å². The molecule has 0 saturated heterocycles. The number of nitrogens with zero attached hydrogens (tertiary/aromatic N) is 3. The lowest BCUT2D eigenvalue weighted by Crippen LogP contribution is -2.61. The van der Waals surface area contributed by atoms with Gasteiger partial charge >= 0.3 is 0 Å². The van der Waals surface area contributed by atoms with Crippen LogP contribution in [-0.2, 0) is 23.3 Å². The molecule has 2 amide bonds. The number of hydrogen-bond donors (Lipinski definition) is 3. The Kier molecular flexibility index (Phi) is 5.92. The van der Waals surface area contributed by atoms with Gasteiger partial charge in [0, 0.05) is 37.0 Å². The van der Waals surface area contributed by atoms with Gasteiger partial charge in [0.05, 0.1) is 16.8 Å². The second-order valence-electron chi connectivity index (χ2n) is 9.76. The maximum absolute atomic E-state index is 13.8. The number of benzene rings is 1. The first-order chi connectivity index (χ1) is 17.5. The van der Waals surface area contributed by atoms with Gasteiger partial charge in [0.2, 0.25) is 0 Å². The van der Waals surface area contributed by atoms with E-state index >= 15 is 0 Å². The van der Waals surface area contributed by atoms with Crippen LogP contribution in [0.5, 0.6) is 0 Å². The summed E-state index contributed by atoms with van der Waals surface area (Å²) in [5, 5.41) is 15.0. The summed E-state index contributed by atoms with van der Waals surface area (Å²) in [6.07, 6.45) is 1.96. The molecule has 3 aromatic rings. The van der Waals surface area contributed by atoms with Crippen LogP contribution in [0.1, 0.15) is 69.0 Å². The number of anilines is 1. The third kappa shape index (κ3) is 4.30. The number of hydrogen-bond acceptors (Lipinski definition) is 5. The number of aromatic amines is 1. The first kappa shape index (κ1) is 24.7. The molecule has 3 heterocycles. The number of aryl methyl sites for hydroxylation is 1. The maximum Gasteiger partial charge on any atom is 0.294 e. The molecule has 9 nitrogen and oxygen atoms in total. The van der Waals surface area contributed by atoms with Gasteiger partial charge in [-0.05, 0) is 62.4 Å². The third-order valence-electron chi connectivity index (χ3n) is 7.10. The van der Waals surface area contributed by atoms with Crippen LogP contribution >= 0.6 is 0 Å². The Bertz CT molecular complexity index is 1410. The van der Waals surface area contributed by atoms with Crippen LogP contribution in [0.2, 0.25) is 0 Å². The molecule has 0 radical (unpaired) electrons. The van der Waals surface area contributed by atoms with Crippen LogP contribution < -0.4 is 10.6 Å². The van der Waals surface area contributed by atoms with E-state index < -0.39 is 47.7 Å². The molecule has 0 bridgehead atoms. The normalized spacial score (nSPS) is 17.4. The minimum atomic E-state index is -3.01. The average Bonchev–Trinajstić information content (AvgIpc) is 3.46. The smallest absolute Gasteiger partial charge is 0.294 e. The summed E-state index contributed by atoms with van der Waals surface area (Å²) in [5.74, 6) is -5.87. The lowest BCUT2D eigenvalue weighted by molar-refractivity contribution is -0.148. The Morgan fingerprint density at radius 1 is 1.14 bits per heavy atom. The van der Waals surface area contributed by atoms with Crippen molar-refractivity contribution in [3.8, 4) is 0 Å². The fraction of sp³-hybridized carbons (Fsp3) is 0.400. The quantitative estimate of drug-likeness (QED) is 0.343. The van der Waals surface area contributed by atoms with E-state index in [1.165, 1.54) is 24.4 Å². The number of H-pyrrole nitrogens is 1. The molecule has 0 atom stereocenters. The zero-order valence-electron chi connectivity index (χ0n) is 20.3. The minimum Gasteiger partial charge on any atom is -0.341 e. The summed E-state index contributed by atoms with van der Waals surface area (Å²) >= 11 is 0. The number of carbonyl (C=O) groups excluding carboxylic acids is 3. The number of carbonyl (C=O) groups is 3. The number of halogens is 3. The fourth-order valence-electron chi connectivity index (χ4n) is 5.37. The predicted molar refractivity (Wildman–Crippen MR) is 126 cm³/mol. The molecule has 1 aliphatic carbocycles. The summed E-state index contributed by atoms with van der Waals surface area (Å²) in [5.41, 5.74) is 0.625. The summed E-state index contributed by atoms with van der Waals surface area (Å²) in [6.45, 7) is 3.59. The topological polar surface area (TPSA) is 122 Å². The van der Waals surface area contributed by atoms with Gasteiger partial charge in [0.15, 0.2) is 0 Å². The van der Waals surface area contributed by atoms with E-state index in [2.05, 4.69) is 26.0 Å². The van der Waals surface area contributed by atoms with Crippen LogP contribution in [-0.4, -0.2) is 43.5 Å². The van der Waals surface area contributed by atoms with Gasteiger partial charge in [0.25, 0.3) is 23.5 Å². The molecule has 5 rings (SSSR count). The predicted octanol–water partition coefficient (Wildman–Crippen LogP) is 3.57. The number of Topliss-reactive ketones (excluding diaryl/α,β-unsaturated/α-hetero) is 1. The Morgan fingerprint density at radius 3 is 2.54 bits per heavy atom. The van der Waals surface area contributed by atoms with Crippen LogP contribution in [0, 0.1) is 19.7 Å². The van der Waals surface area contributed by atoms with E-state index in [1.54, 1.807) is 18.4 Å². The molecule has 1 aromatic carbocycles. The molecule has 194 valence electrons. The van der Waals surface area contributed by atoms with E-state index in [0.717, 1.165) is 12.8 Å². The number of ketones is 1. The van der Waals surface area contributed by atoms with E-state index in [0.29, 0.717) is 35.5 Å². The molecular formula is C25H25F3N6O3. The average molecular weight is 515 g/mol. The second-order valence-corrected chi connectivity index (χ2v) is 9.76. The van der Waals surface area contributed by atoms with Crippen LogP contribution in [0.15, 0.2) is 24.4 Å². The number of amides is 2. The largest absolute Gasteiger partial charge is 0.341 e. The third-order valence-corrected chi connectivity index (χ3v) is 7.10. The lowest BCUT2D eigenvalue weighted by Gasteiger charge is -2.46. The first-order valence-electron chi connectivity index (χ1n) is 11.9. The number of aromatic nitrogens is 4. The molecule has 1 aliphatic heterocycles. The van der Waals surface area contributed by atoms with E-state index in [4.69, 9.17) is 0 Å². The molecular weight excluding hydrogens is 489 g/mol. The first-order valence-corrected chi connectivity index (χ1v) is 11.9.